The highest BCUT2D eigenvalue weighted by molar-refractivity contribution is 7.22. The fourth-order valence-electron chi connectivity index (χ4n) is 12.1. The van der Waals surface area contributed by atoms with E-state index in [0.717, 1.165) is 77.5 Å². The van der Waals surface area contributed by atoms with E-state index >= 15 is 0 Å². The quantitative estimate of drug-likeness (QED) is 0.124. The van der Waals surface area contributed by atoms with E-state index in [2.05, 4.69) is 40.7 Å². The molecule has 66 heavy (non-hydrogen) atoms. The van der Waals surface area contributed by atoms with Gasteiger partial charge in [0.05, 0.1) is 39.9 Å². The van der Waals surface area contributed by atoms with E-state index in [1.165, 1.54) is 11.3 Å². The summed E-state index contributed by atoms with van der Waals surface area (Å²) in [4.78, 5) is 56.2. The molecule has 13 nitrogen and oxygen atoms in total. The number of amides is 2. The summed E-state index contributed by atoms with van der Waals surface area (Å²) in [6.45, 7) is 19.7. The third-order valence-corrected chi connectivity index (χ3v) is 14.3. The number of pyridine rings is 2. The van der Waals surface area contributed by atoms with Crippen LogP contribution in [0.15, 0.2) is 73.2 Å². The minimum absolute atomic E-state index is 0.0464. The Morgan fingerprint density at radius 2 is 1.56 bits per heavy atom. The Kier molecular flexibility index (Phi) is 11.2. The number of carbonyl (C=O) groups excluding carboxylic acids is 3. The van der Waals surface area contributed by atoms with Crippen molar-refractivity contribution in [2.24, 2.45) is 16.2 Å². The number of nitrogens with one attached hydrogen (secondary N) is 1. The van der Waals surface area contributed by atoms with E-state index in [-0.39, 0.29) is 39.5 Å². The summed E-state index contributed by atoms with van der Waals surface area (Å²) in [5, 5.41) is 9.96. The summed E-state index contributed by atoms with van der Waals surface area (Å²) >= 11 is 1.41. The molecule has 1 N–H and O–H groups in total. The van der Waals surface area contributed by atoms with E-state index in [1.807, 2.05) is 102 Å². The maximum absolute atomic E-state index is 14.2. The minimum atomic E-state index is -0.763. The van der Waals surface area contributed by atoms with Gasteiger partial charge in [-0.1, -0.05) is 49.4 Å². The molecule has 2 unspecified atom stereocenters. The smallest absolute Gasteiger partial charge is 0.410 e. The Bertz CT molecular complexity index is 2840. The summed E-state index contributed by atoms with van der Waals surface area (Å²) in [5.74, 6) is -0.858. The number of likely N-dealkylation sites (N-methyl/N-ethyl adjacent to an activating group) is 1. The largest absolute Gasteiger partial charge is 0.455 e. The number of thiazole rings is 1. The van der Waals surface area contributed by atoms with Crippen LogP contribution in [0, 0.1) is 23.2 Å². The monoisotopic (exact) mass is 911 g/mol. The predicted octanol–water partition coefficient (Wildman–Crippen LogP) is 11.3. The molecule has 4 aliphatic rings. The molecule has 4 bridgehead atoms. The zero-order chi connectivity index (χ0) is 47.0. The highest BCUT2D eigenvalue weighted by Gasteiger charge is 2.66. The van der Waals surface area contributed by atoms with Crippen molar-refractivity contribution in [3.05, 3.63) is 90.1 Å². The van der Waals surface area contributed by atoms with Gasteiger partial charge in [0.15, 0.2) is 10.8 Å². The molecule has 0 spiro atoms. The zero-order valence-corrected chi connectivity index (χ0v) is 40.6. The predicted molar refractivity (Wildman–Crippen MR) is 258 cm³/mol. The summed E-state index contributed by atoms with van der Waals surface area (Å²) in [7, 11) is 1.77. The lowest BCUT2D eigenvalue weighted by atomic mass is 9.39. The highest BCUT2D eigenvalue weighted by atomic mass is 32.1. The summed E-state index contributed by atoms with van der Waals surface area (Å²) in [5.41, 5.74) is 3.64. The molecule has 2 amide bonds. The number of hydrogen-bond donors (Lipinski definition) is 1. The van der Waals surface area contributed by atoms with Crippen LogP contribution in [0.4, 0.5) is 9.93 Å². The van der Waals surface area contributed by atoms with Gasteiger partial charge in [-0.3, -0.25) is 19.8 Å². The molecule has 10 rings (SSSR count). The Morgan fingerprint density at radius 1 is 0.833 bits per heavy atom. The van der Waals surface area contributed by atoms with Crippen molar-refractivity contribution in [1.29, 1.82) is 0 Å². The molecular formula is C52H61N7O6S. The molecule has 4 fully saturated rings. The molecule has 6 aromatic rings. The number of anilines is 1. The Labute approximate surface area is 390 Å². The van der Waals surface area contributed by atoms with Gasteiger partial charge < -0.3 is 19.1 Å². The molecule has 0 radical (unpaired) electrons. The lowest BCUT2D eigenvalue weighted by molar-refractivity contribution is -0.248. The molecule has 2 aromatic carbocycles. The SMILES string of the molecule is Cc1c(-c2ccc(-c3ccc4cncc(C(=O)Nc5nc6ccccc6s5)c4c3)nc2C(=O)OC(C)(C)C)cnn1CC12CC3(C)CC(C)(C1)CC(OCCN(C)C(=O)OC(C)(C)C)(C3)C2. The Balaban J connectivity index is 0.997. The number of aromatic nitrogens is 5. The van der Waals surface area contributed by atoms with Gasteiger partial charge in [0.2, 0.25) is 0 Å². The van der Waals surface area contributed by atoms with Gasteiger partial charge in [-0.15, -0.1) is 0 Å². The Morgan fingerprint density at radius 3 is 2.27 bits per heavy atom. The van der Waals surface area contributed by atoms with Crippen molar-refractivity contribution in [2.45, 2.75) is 124 Å². The van der Waals surface area contributed by atoms with E-state index in [4.69, 9.17) is 24.3 Å². The van der Waals surface area contributed by atoms with Crippen LogP contribution in [0.25, 0.3) is 43.4 Å². The van der Waals surface area contributed by atoms with Gasteiger partial charge in [-0.2, -0.15) is 5.10 Å². The van der Waals surface area contributed by atoms with Crippen LogP contribution in [0.2, 0.25) is 0 Å². The van der Waals surface area contributed by atoms with Crippen molar-refractivity contribution in [1.82, 2.24) is 29.6 Å². The first-order valence-corrected chi connectivity index (χ1v) is 23.7. The molecule has 0 aliphatic heterocycles. The number of ether oxygens (including phenoxy) is 3. The zero-order valence-electron chi connectivity index (χ0n) is 39.8. The summed E-state index contributed by atoms with van der Waals surface area (Å²) in [6.07, 6.45) is 11.0. The average Bonchev–Trinajstić information content (AvgIpc) is 3.78. The average molecular weight is 912 g/mol. The minimum Gasteiger partial charge on any atom is -0.455 e. The van der Waals surface area contributed by atoms with Crippen molar-refractivity contribution < 1.29 is 28.6 Å². The molecule has 0 saturated heterocycles. The van der Waals surface area contributed by atoms with Crippen LogP contribution in [0.3, 0.4) is 0 Å². The van der Waals surface area contributed by atoms with Crippen LogP contribution in [-0.4, -0.2) is 84.6 Å². The molecule has 4 aromatic heterocycles. The molecule has 4 heterocycles. The maximum Gasteiger partial charge on any atom is 0.410 e. The number of fused-ring (bicyclic) bond motifs is 2. The first-order chi connectivity index (χ1) is 31.0. The molecule has 4 aliphatic carbocycles. The van der Waals surface area contributed by atoms with Gasteiger partial charge in [-0.25, -0.2) is 19.6 Å². The number of rotatable bonds is 11. The van der Waals surface area contributed by atoms with Crippen molar-refractivity contribution in [3.8, 4) is 22.4 Å². The lowest BCUT2D eigenvalue weighted by Gasteiger charge is -2.69. The van der Waals surface area contributed by atoms with E-state index < -0.39 is 17.2 Å². The van der Waals surface area contributed by atoms with E-state index in [0.29, 0.717) is 40.5 Å². The Hall–Kier alpha value is -5.73. The molecular weight excluding hydrogens is 851 g/mol. The van der Waals surface area contributed by atoms with Crippen LogP contribution in [0.5, 0.6) is 0 Å². The van der Waals surface area contributed by atoms with Crippen molar-refractivity contribution in [2.75, 3.05) is 25.5 Å². The topological polar surface area (TPSA) is 151 Å². The first-order valence-electron chi connectivity index (χ1n) is 22.9. The summed E-state index contributed by atoms with van der Waals surface area (Å²) < 4.78 is 21.6. The normalized spacial score (nSPS) is 23.6. The van der Waals surface area contributed by atoms with E-state index in [1.54, 1.807) is 24.3 Å². The maximum atomic E-state index is 14.2. The molecule has 346 valence electrons. The standard InChI is InChI=1S/C52H61N7O6S/c1-32-37(24-54-59(32)31-51-26-49(8)25-50(9,27-51)29-52(28-49,30-51)63-20-19-58(10)46(62)65-48(5,6)7)35-17-18-39(55-42(35)44(61)64-47(2,3)4)33-15-16-34-22-53-23-38(36(34)21-33)43(60)57-45-56-40-13-11-12-14-41(40)66-45/h11-18,21-24H,19-20,25-31H2,1-10H3,(H,56,57,60). The fraction of sp³-hybridized carbons (Fsp3) is 0.481. The second-order valence-corrected chi connectivity index (χ2v) is 23.1. The van der Waals surface area contributed by atoms with Gasteiger partial charge >= 0.3 is 12.1 Å². The number of benzene rings is 2. The molecule has 4 saturated carbocycles. The summed E-state index contributed by atoms with van der Waals surface area (Å²) in [6, 6.07) is 17.3. The molecule has 2 atom stereocenters. The van der Waals surface area contributed by atoms with Crippen LogP contribution in [0.1, 0.15) is 120 Å². The third-order valence-electron chi connectivity index (χ3n) is 13.4. The molecule has 14 heteroatoms. The number of nitrogens with zero attached hydrogens (tertiary/aromatic N) is 6. The third kappa shape index (κ3) is 9.18. The number of esters is 1. The van der Waals surface area contributed by atoms with Gasteiger partial charge in [-0.05, 0) is 139 Å². The number of hydrogen-bond acceptors (Lipinski definition) is 11. The van der Waals surface area contributed by atoms with Crippen LogP contribution in [-0.2, 0) is 20.8 Å². The highest BCUT2D eigenvalue weighted by Crippen LogP contribution is 2.72. The first kappa shape index (κ1) is 45.4. The van der Waals surface area contributed by atoms with Crippen molar-refractivity contribution in [3.63, 3.8) is 0 Å². The van der Waals surface area contributed by atoms with E-state index in [9.17, 15) is 14.4 Å². The second kappa shape index (κ2) is 16.3. The van der Waals surface area contributed by atoms with Gasteiger partial charge in [0, 0.05) is 60.3 Å². The second-order valence-electron chi connectivity index (χ2n) is 22.1. The van der Waals surface area contributed by atoms with Gasteiger partial charge in [0.25, 0.3) is 5.91 Å². The number of carbonyl (C=O) groups is 3. The van der Waals surface area contributed by atoms with Crippen molar-refractivity contribution >= 4 is 55.4 Å². The van der Waals surface area contributed by atoms with Crippen LogP contribution >= 0.6 is 11.3 Å². The van der Waals surface area contributed by atoms with Crippen LogP contribution < -0.4 is 5.32 Å². The fourth-order valence-corrected chi connectivity index (χ4v) is 12.9. The van der Waals surface area contributed by atoms with Gasteiger partial charge in [0.1, 0.15) is 11.2 Å². The lowest BCUT2D eigenvalue weighted by Crippen LogP contribution is -2.64. The number of para-hydroxylation sites is 1.